The second-order valence-electron chi connectivity index (χ2n) is 7.83. The van der Waals surface area contributed by atoms with Crippen LogP contribution in [0.5, 0.6) is 11.5 Å². The number of ether oxygens (including phenoxy) is 2. The Morgan fingerprint density at radius 1 is 1.00 bits per heavy atom. The molecule has 0 fully saturated rings. The summed E-state index contributed by atoms with van der Waals surface area (Å²) < 4.78 is 17.7. The minimum atomic E-state index is -0.417. The zero-order chi connectivity index (χ0) is 24.9. The summed E-state index contributed by atoms with van der Waals surface area (Å²) in [6.07, 6.45) is 2.53. The fraction of sp³-hybridized carbons (Fsp3) is 0.154. The molecule has 5 aromatic rings. The van der Waals surface area contributed by atoms with E-state index in [-0.39, 0.29) is 5.76 Å². The Hall–Kier alpha value is -3.89. The molecule has 0 spiro atoms. The highest BCUT2D eigenvalue weighted by Gasteiger charge is 2.19. The number of carbonyl (C=O) groups excluding carboxylic acids is 1. The van der Waals surface area contributed by atoms with E-state index in [1.807, 2.05) is 73.0 Å². The van der Waals surface area contributed by atoms with Crippen LogP contribution in [0.15, 0.2) is 75.6 Å². The number of hydrogen-bond donors (Lipinski definition) is 1. The van der Waals surface area contributed by atoms with Gasteiger partial charge in [0.05, 0.1) is 12.5 Å². The molecule has 36 heavy (non-hydrogen) atoms. The molecule has 0 radical (unpaired) electrons. The standard InChI is InChI=1S/C26H22N4O4S2/c1-32-21-11-9-18(14-22(21)33-15-16-6-4-3-5-7-16)12-17-8-10-20-19(13-17)23(34-30-20)24(31)27-25-28-29-26(35-2)36-25/h3-11,13-14H,12,15H2,1-2H3,(H,27,28,31). The molecule has 0 aliphatic heterocycles. The van der Waals surface area contributed by atoms with E-state index in [4.69, 9.17) is 14.0 Å². The maximum atomic E-state index is 12.8. The number of benzene rings is 3. The van der Waals surface area contributed by atoms with Gasteiger partial charge in [-0.1, -0.05) is 70.7 Å². The van der Waals surface area contributed by atoms with Gasteiger partial charge in [-0.25, -0.2) is 0 Å². The van der Waals surface area contributed by atoms with Crippen LogP contribution in [0.3, 0.4) is 0 Å². The molecule has 0 bridgehead atoms. The first kappa shape index (κ1) is 23.8. The fourth-order valence-electron chi connectivity index (χ4n) is 3.67. The molecule has 0 unspecified atom stereocenters. The van der Waals surface area contributed by atoms with Gasteiger partial charge < -0.3 is 14.0 Å². The van der Waals surface area contributed by atoms with Gasteiger partial charge in [0.2, 0.25) is 10.9 Å². The minimum Gasteiger partial charge on any atom is -0.493 e. The van der Waals surface area contributed by atoms with Crippen molar-refractivity contribution in [3.8, 4) is 11.5 Å². The van der Waals surface area contributed by atoms with Crippen LogP contribution >= 0.6 is 23.1 Å². The summed E-state index contributed by atoms with van der Waals surface area (Å²) in [5.74, 6) is 1.06. The Kier molecular flexibility index (Phi) is 7.15. The van der Waals surface area contributed by atoms with Gasteiger partial charge in [0.15, 0.2) is 15.8 Å². The summed E-state index contributed by atoms with van der Waals surface area (Å²) in [7, 11) is 1.63. The Morgan fingerprint density at radius 2 is 1.81 bits per heavy atom. The van der Waals surface area contributed by atoms with Crippen molar-refractivity contribution in [3.05, 3.63) is 89.2 Å². The lowest BCUT2D eigenvalue weighted by molar-refractivity contribution is 0.0990. The summed E-state index contributed by atoms with van der Waals surface area (Å²) in [5, 5.41) is 15.8. The van der Waals surface area contributed by atoms with Crippen LogP contribution in [-0.4, -0.2) is 34.6 Å². The van der Waals surface area contributed by atoms with E-state index in [9.17, 15) is 4.79 Å². The molecule has 2 heterocycles. The number of nitrogens with one attached hydrogen (secondary N) is 1. The number of anilines is 1. The van der Waals surface area contributed by atoms with Crippen LogP contribution in [0.2, 0.25) is 0 Å². The molecule has 10 heteroatoms. The van der Waals surface area contributed by atoms with Gasteiger partial charge in [-0.05, 0) is 53.6 Å². The van der Waals surface area contributed by atoms with E-state index in [1.54, 1.807) is 7.11 Å². The van der Waals surface area contributed by atoms with Gasteiger partial charge >= 0.3 is 0 Å². The molecule has 0 saturated heterocycles. The number of rotatable bonds is 9. The number of hydrogen-bond acceptors (Lipinski definition) is 9. The van der Waals surface area contributed by atoms with Gasteiger partial charge in [-0.15, -0.1) is 10.2 Å². The number of amides is 1. The van der Waals surface area contributed by atoms with E-state index in [0.717, 1.165) is 21.0 Å². The highest BCUT2D eigenvalue weighted by atomic mass is 32.2. The Labute approximate surface area is 215 Å². The summed E-state index contributed by atoms with van der Waals surface area (Å²) >= 11 is 2.77. The number of methoxy groups -OCH3 is 1. The molecular weight excluding hydrogens is 496 g/mol. The van der Waals surface area contributed by atoms with Crippen molar-refractivity contribution in [2.24, 2.45) is 0 Å². The van der Waals surface area contributed by atoms with Crippen LogP contribution in [0.1, 0.15) is 27.2 Å². The molecule has 0 atom stereocenters. The van der Waals surface area contributed by atoms with Crippen LogP contribution in [0.25, 0.3) is 10.9 Å². The largest absolute Gasteiger partial charge is 0.493 e. The zero-order valence-corrected chi connectivity index (χ0v) is 21.2. The Morgan fingerprint density at radius 3 is 2.58 bits per heavy atom. The summed E-state index contributed by atoms with van der Waals surface area (Å²) in [6, 6.07) is 21.6. The maximum Gasteiger partial charge on any atom is 0.296 e. The molecule has 8 nitrogen and oxygen atoms in total. The van der Waals surface area contributed by atoms with E-state index in [0.29, 0.717) is 40.6 Å². The number of carbonyl (C=O) groups is 1. The van der Waals surface area contributed by atoms with Crippen molar-refractivity contribution in [1.29, 1.82) is 0 Å². The fourth-order valence-corrected chi connectivity index (χ4v) is 4.84. The van der Waals surface area contributed by atoms with Gasteiger partial charge in [0.1, 0.15) is 12.1 Å². The Bertz CT molecular complexity index is 1500. The van der Waals surface area contributed by atoms with Crippen LogP contribution in [0, 0.1) is 0 Å². The lowest BCUT2D eigenvalue weighted by Crippen LogP contribution is -2.11. The number of aromatic nitrogens is 3. The van der Waals surface area contributed by atoms with Crippen molar-refractivity contribution < 1.29 is 18.8 Å². The topological polar surface area (TPSA) is 99.4 Å². The highest BCUT2D eigenvalue weighted by molar-refractivity contribution is 8.00. The molecule has 3 aromatic carbocycles. The van der Waals surface area contributed by atoms with Crippen molar-refractivity contribution in [1.82, 2.24) is 15.4 Å². The van der Waals surface area contributed by atoms with E-state index in [2.05, 4.69) is 20.7 Å². The van der Waals surface area contributed by atoms with Crippen LogP contribution in [0.4, 0.5) is 5.13 Å². The number of nitrogens with zero attached hydrogens (tertiary/aromatic N) is 3. The quantitative estimate of drug-likeness (QED) is 0.192. The second kappa shape index (κ2) is 10.8. The van der Waals surface area contributed by atoms with Gasteiger partial charge in [-0.3, -0.25) is 10.1 Å². The lowest BCUT2D eigenvalue weighted by Gasteiger charge is -2.13. The summed E-state index contributed by atoms with van der Waals surface area (Å²) in [6.45, 7) is 0.443. The number of fused-ring (bicyclic) bond motifs is 1. The predicted molar refractivity (Wildman–Crippen MR) is 140 cm³/mol. The van der Waals surface area contributed by atoms with Gasteiger partial charge in [-0.2, -0.15) is 0 Å². The second-order valence-corrected chi connectivity index (χ2v) is 9.86. The van der Waals surface area contributed by atoms with Gasteiger partial charge in [0.25, 0.3) is 5.91 Å². The third kappa shape index (κ3) is 5.34. The first-order chi connectivity index (χ1) is 17.6. The normalized spacial score (nSPS) is 10.9. The third-order valence-electron chi connectivity index (χ3n) is 5.42. The molecule has 2 aromatic heterocycles. The van der Waals surface area contributed by atoms with Crippen molar-refractivity contribution >= 4 is 45.0 Å². The highest BCUT2D eigenvalue weighted by Crippen LogP contribution is 2.31. The molecule has 182 valence electrons. The van der Waals surface area contributed by atoms with Crippen molar-refractivity contribution in [2.45, 2.75) is 17.4 Å². The molecule has 0 aliphatic carbocycles. The minimum absolute atomic E-state index is 0.134. The predicted octanol–water partition coefficient (Wildman–Crippen LogP) is 5.83. The Balaban J connectivity index is 1.35. The van der Waals surface area contributed by atoms with Crippen molar-refractivity contribution in [2.75, 3.05) is 18.7 Å². The maximum absolute atomic E-state index is 12.8. The molecule has 1 N–H and O–H groups in total. The molecule has 5 rings (SSSR count). The van der Waals surface area contributed by atoms with E-state index in [1.165, 1.54) is 23.1 Å². The van der Waals surface area contributed by atoms with Crippen molar-refractivity contribution in [3.63, 3.8) is 0 Å². The third-order valence-corrected chi connectivity index (χ3v) is 7.24. The first-order valence-corrected chi connectivity index (χ1v) is 13.1. The van der Waals surface area contributed by atoms with E-state index < -0.39 is 5.91 Å². The monoisotopic (exact) mass is 518 g/mol. The smallest absolute Gasteiger partial charge is 0.296 e. The van der Waals surface area contributed by atoms with E-state index >= 15 is 0 Å². The summed E-state index contributed by atoms with van der Waals surface area (Å²) in [4.78, 5) is 12.8. The van der Waals surface area contributed by atoms with Crippen LogP contribution < -0.4 is 14.8 Å². The zero-order valence-electron chi connectivity index (χ0n) is 19.6. The first-order valence-electron chi connectivity index (χ1n) is 11.0. The average molecular weight is 519 g/mol. The lowest BCUT2D eigenvalue weighted by atomic mass is 10.0. The molecule has 0 saturated carbocycles. The number of thioether (sulfide) groups is 1. The van der Waals surface area contributed by atoms with Gasteiger partial charge in [0, 0.05) is 0 Å². The molecule has 0 aliphatic rings. The SMILES string of the molecule is COc1ccc(Cc2ccc3noc(C(=O)Nc4nnc(SC)s4)c3c2)cc1OCc1ccccc1. The summed E-state index contributed by atoms with van der Waals surface area (Å²) in [5.41, 5.74) is 3.72. The average Bonchev–Trinajstić information content (AvgIpc) is 3.54. The molecular formula is C26H22N4O4S2. The van der Waals surface area contributed by atoms with Crippen LogP contribution in [-0.2, 0) is 13.0 Å². The molecule has 1 amide bonds.